The van der Waals surface area contributed by atoms with Crippen LogP contribution in [0, 0.1) is 0 Å². The number of fused-ring (bicyclic) bond motifs is 1. The van der Waals surface area contributed by atoms with E-state index >= 15 is 0 Å². The first-order valence-electron chi connectivity index (χ1n) is 5.40. The molecule has 0 nitrogen and oxygen atoms in total. The zero-order valence-corrected chi connectivity index (χ0v) is 10.3. The highest BCUT2D eigenvalue weighted by atomic mass is 19.4. The summed E-state index contributed by atoms with van der Waals surface area (Å²) < 4.78 is 184. The van der Waals surface area contributed by atoms with Gasteiger partial charge in [-0.1, -0.05) is 0 Å². The Morgan fingerprint density at radius 2 is 0.708 bits per heavy atom. The molecule has 2 unspecified atom stereocenters. The van der Waals surface area contributed by atoms with Crippen LogP contribution in [0.5, 0.6) is 0 Å². The molecule has 138 valence electrons. The van der Waals surface area contributed by atoms with Crippen molar-refractivity contribution in [2.24, 2.45) is 0 Å². The Balaban J connectivity index is 3.18. The maximum Gasteiger partial charge on any atom is 0.416 e. The molecule has 0 saturated carbocycles. The summed E-state index contributed by atoms with van der Waals surface area (Å²) in [5, 5.41) is 0. The molecule has 0 heterocycles. The van der Waals surface area contributed by atoms with E-state index in [2.05, 4.69) is 0 Å². The summed E-state index contributed by atoms with van der Waals surface area (Å²) in [5.74, 6) is -22.1. The van der Waals surface area contributed by atoms with E-state index in [-0.39, 0.29) is 0 Å². The summed E-state index contributed by atoms with van der Waals surface area (Å²) >= 11 is 0. The van der Waals surface area contributed by atoms with Crippen molar-refractivity contribution in [3.63, 3.8) is 0 Å². The van der Waals surface area contributed by atoms with Gasteiger partial charge in [0.1, 0.15) is 0 Å². The van der Waals surface area contributed by atoms with Gasteiger partial charge < -0.3 is 0 Å². The van der Waals surface area contributed by atoms with Gasteiger partial charge in [-0.15, -0.1) is 0 Å². The van der Waals surface area contributed by atoms with Crippen LogP contribution in [0.4, 0.5) is 61.5 Å². The number of alkyl halides is 12. The summed E-state index contributed by atoms with van der Waals surface area (Å²) in [7, 11) is 0. The Bertz CT molecular complexity index is 604. The van der Waals surface area contributed by atoms with E-state index < -0.39 is 58.3 Å². The van der Waals surface area contributed by atoms with Crippen LogP contribution in [0.15, 0.2) is 22.8 Å². The minimum absolute atomic E-state index is 4.04. The summed E-state index contributed by atoms with van der Waals surface area (Å²) in [6.45, 7) is 0. The molecule has 0 aromatic heterocycles. The average molecular weight is 386 g/mol. The first-order valence-corrected chi connectivity index (χ1v) is 5.40. The third kappa shape index (κ3) is 1.61. The molecule has 3 aliphatic rings. The molecule has 2 bridgehead atoms. The van der Waals surface area contributed by atoms with Gasteiger partial charge in [0, 0.05) is 0 Å². The number of halogens is 14. The number of rotatable bonds is 0. The Kier molecular flexibility index (Phi) is 3.28. The van der Waals surface area contributed by atoms with Crippen molar-refractivity contribution in [1.82, 2.24) is 0 Å². The van der Waals surface area contributed by atoms with E-state index in [0.29, 0.717) is 0 Å². The summed E-state index contributed by atoms with van der Waals surface area (Å²) in [5.41, 5.74) is -21.8. The molecule has 0 radical (unpaired) electrons. The maximum atomic E-state index is 14.0. The Morgan fingerprint density at radius 1 is 0.500 bits per heavy atom. The lowest BCUT2D eigenvalue weighted by Crippen LogP contribution is -2.76. The van der Waals surface area contributed by atoms with Gasteiger partial charge in [0.15, 0.2) is 11.7 Å². The van der Waals surface area contributed by atoms with Crippen molar-refractivity contribution in [2.45, 2.75) is 35.5 Å². The summed E-state index contributed by atoms with van der Waals surface area (Å²) in [4.78, 5) is 0. The molecule has 0 aromatic rings. The minimum Gasteiger partial charge on any atom is -0.224 e. The molecule has 0 amide bonds. The normalized spacial score (nSPS) is 35.8. The average Bonchev–Trinajstić information content (AvgIpc) is 2.35. The second kappa shape index (κ2) is 4.18. The van der Waals surface area contributed by atoms with Crippen molar-refractivity contribution in [3.8, 4) is 0 Å². The molecule has 0 spiro atoms. The molecule has 24 heavy (non-hydrogen) atoms. The van der Waals surface area contributed by atoms with E-state index in [9.17, 15) is 61.5 Å². The molecule has 3 rings (SSSR count). The van der Waals surface area contributed by atoms with Gasteiger partial charge in [0.2, 0.25) is 0 Å². The molecule has 0 saturated heterocycles. The van der Waals surface area contributed by atoms with Crippen LogP contribution in [0.2, 0.25) is 0 Å². The van der Waals surface area contributed by atoms with Gasteiger partial charge in [0.25, 0.3) is 11.3 Å². The summed E-state index contributed by atoms with van der Waals surface area (Å²) in [6.07, 6.45) is -13.8. The predicted octanol–water partition coefficient (Wildman–Crippen LogP) is 5.27. The van der Waals surface area contributed by atoms with Crippen LogP contribution in [0.25, 0.3) is 0 Å². The van der Waals surface area contributed by atoms with Crippen LogP contribution in [0.3, 0.4) is 0 Å². The fraction of sp³-hybridized carbons (Fsp3) is 0.600. The second-order valence-electron chi connectivity index (χ2n) is 4.84. The van der Waals surface area contributed by atoms with Crippen molar-refractivity contribution in [3.05, 3.63) is 22.8 Å². The Labute approximate surface area is 121 Å². The predicted molar refractivity (Wildman–Crippen MR) is 45.9 cm³/mol. The standard InChI is InChI=1S/C10F14/c11-3-4(12)6(14)2(8(18,19)20)1(7(15,16)17)5(3,13)9(21,22)10(6,23)24. The largest absolute Gasteiger partial charge is 0.416 e. The van der Waals surface area contributed by atoms with E-state index in [1.165, 1.54) is 0 Å². The highest BCUT2D eigenvalue weighted by molar-refractivity contribution is 5.61. The molecule has 2 atom stereocenters. The minimum atomic E-state index is -7.01. The molecule has 3 aliphatic carbocycles. The number of allylic oxidation sites excluding steroid dienone is 4. The zero-order valence-electron chi connectivity index (χ0n) is 10.3. The molecular formula is C10F14. The molecule has 0 N–H and O–H groups in total. The molecule has 0 aromatic carbocycles. The number of hydrogen-bond donors (Lipinski definition) is 0. The molecule has 14 heteroatoms. The second-order valence-corrected chi connectivity index (χ2v) is 4.84. The molecule has 0 aliphatic heterocycles. The maximum absolute atomic E-state index is 14.0. The quantitative estimate of drug-likeness (QED) is 0.393. The summed E-state index contributed by atoms with van der Waals surface area (Å²) in [6, 6.07) is 0. The first kappa shape index (κ1) is 18.8. The van der Waals surface area contributed by atoms with Gasteiger partial charge in [-0.3, -0.25) is 0 Å². The van der Waals surface area contributed by atoms with Crippen LogP contribution < -0.4 is 0 Å². The lowest BCUT2D eigenvalue weighted by molar-refractivity contribution is -0.330. The third-order valence-corrected chi connectivity index (χ3v) is 3.56. The Morgan fingerprint density at radius 3 is 0.875 bits per heavy atom. The van der Waals surface area contributed by atoms with Gasteiger partial charge in [0.05, 0.1) is 11.1 Å². The SMILES string of the molecule is FC1=C(F)C2(F)C(C(F)(F)F)=C(C(F)(F)F)C1(F)C(F)(F)C2(F)F. The highest BCUT2D eigenvalue weighted by Gasteiger charge is 2.94. The molecule has 0 fully saturated rings. The lowest BCUT2D eigenvalue weighted by atomic mass is 9.61. The van der Waals surface area contributed by atoms with Crippen LogP contribution in [-0.4, -0.2) is 35.5 Å². The third-order valence-electron chi connectivity index (χ3n) is 3.56. The van der Waals surface area contributed by atoms with Gasteiger partial charge in [-0.25, -0.2) is 17.6 Å². The number of hydrogen-bond acceptors (Lipinski definition) is 0. The fourth-order valence-electron chi connectivity index (χ4n) is 2.56. The van der Waals surface area contributed by atoms with Gasteiger partial charge in [-0.2, -0.15) is 43.9 Å². The van der Waals surface area contributed by atoms with E-state index in [0.717, 1.165) is 0 Å². The lowest BCUT2D eigenvalue weighted by Gasteiger charge is -2.53. The van der Waals surface area contributed by atoms with Crippen LogP contribution >= 0.6 is 0 Å². The van der Waals surface area contributed by atoms with Gasteiger partial charge >= 0.3 is 24.2 Å². The van der Waals surface area contributed by atoms with Crippen molar-refractivity contribution < 1.29 is 61.5 Å². The van der Waals surface area contributed by atoms with Gasteiger partial charge in [-0.05, 0) is 0 Å². The van der Waals surface area contributed by atoms with E-state index in [1.54, 1.807) is 0 Å². The van der Waals surface area contributed by atoms with Crippen LogP contribution in [0.1, 0.15) is 0 Å². The Hall–Kier alpha value is -1.50. The smallest absolute Gasteiger partial charge is 0.224 e. The zero-order chi connectivity index (χ0) is 19.3. The molecular weight excluding hydrogens is 386 g/mol. The van der Waals surface area contributed by atoms with Crippen molar-refractivity contribution in [2.75, 3.05) is 0 Å². The van der Waals surface area contributed by atoms with Crippen LogP contribution in [-0.2, 0) is 0 Å². The topological polar surface area (TPSA) is 0 Å². The highest BCUT2D eigenvalue weighted by Crippen LogP contribution is 2.73. The first-order chi connectivity index (χ1) is 10.3. The van der Waals surface area contributed by atoms with Crippen molar-refractivity contribution >= 4 is 0 Å². The monoisotopic (exact) mass is 386 g/mol. The fourth-order valence-corrected chi connectivity index (χ4v) is 2.56. The van der Waals surface area contributed by atoms with E-state index in [1.807, 2.05) is 0 Å². The van der Waals surface area contributed by atoms with E-state index in [4.69, 9.17) is 0 Å². The van der Waals surface area contributed by atoms with Crippen molar-refractivity contribution in [1.29, 1.82) is 0 Å².